The van der Waals surface area contributed by atoms with E-state index in [2.05, 4.69) is 5.43 Å². The molecule has 7 heteroatoms. The Morgan fingerprint density at radius 2 is 2.10 bits per heavy atom. The molecule has 0 fully saturated rings. The number of benzene rings is 1. The second-order valence-electron chi connectivity index (χ2n) is 4.22. The van der Waals surface area contributed by atoms with Gasteiger partial charge in [0, 0.05) is 12.6 Å². The molecule has 1 unspecified atom stereocenters. The first kappa shape index (κ1) is 14.0. The fourth-order valence-electron chi connectivity index (χ4n) is 2.04. The zero-order chi connectivity index (χ0) is 14.9. The zero-order valence-electron chi connectivity index (χ0n) is 10.9. The van der Waals surface area contributed by atoms with Crippen LogP contribution in [-0.2, 0) is 14.3 Å². The average Bonchev–Trinajstić information content (AvgIpc) is 2.38. The van der Waals surface area contributed by atoms with Crippen LogP contribution in [-0.4, -0.2) is 42.1 Å². The van der Waals surface area contributed by atoms with E-state index in [4.69, 9.17) is 9.84 Å². The van der Waals surface area contributed by atoms with Gasteiger partial charge < -0.3 is 15.3 Å². The molecule has 20 heavy (non-hydrogen) atoms. The van der Waals surface area contributed by atoms with Crippen LogP contribution in [0.15, 0.2) is 30.0 Å². The maximum absolute atomic E-state index is 13.8. The van der Waals surface area contributed by atoms with Crippen molar-refractivity contribution in [2.75, 3.05) is 14.2 Å². The third-order valence-corrected chi connectivity index (χ3v) is 2.96. The molecule has 1 aliphatic heterocycles. The summed E-state index contributed by atoms with van der Waals surface area (Å²) in [5, 5.41) is 10.2. The number of hydrogen-bond acceptors (Lipinski definition) is 5. The van der Waals surface area contributed by atoms with Gasteiger partial charge in [-0.25, -0.2) is 14.2 Å². The molecule has 2 N–H and O–H groups in total. The van der Waals surface area contributed by atoms with Crippen LogP contribution in [0.4, 0.5) is 4.39 Å². The van der Waals surface area contributed by atoms with Crippen LogP contribution in [0, 0.1) is 5.82 Å². The summed E-state index contributed by atoms with van der Waals surface area (Å²) < 4.78 is 18.8. The molecular weight excluding hydrogens is 267 g/mol. The summed E-state index contributed by atoms with van der Waals surface area (Å²) in [5.74, 6) is -2.80. The fraction of sp³-hybridized carbons (Fsp3) is 0.231. The van der Waals surface area contributed by atoms with Crippen LogP contribution in [0.1, 0.15) is 5.56 Å². The molecule has 0 amide bonds. The monoisotopic (exact) mass is 280 g/mol. The highest BCUT2D eigenvalue weighted by molar-refractivity contribution is 6.14. The third-order valence-electron chi connectivity index (χ3n) is 2.96. The van der Waals surface area contributed by atoms with Crippen LogP contribution >= 0.6 is 0 Å². The maximum atomic E-state index is 13.8. The van der Waals surface area contributed by atoms with Crippen molar-refractivity contribution in [2.24, 2.45) is 0 Å². The molecule has 1 aromatic rings. The van der Waals surface area contributed by atoms with Crippen LogP contribution < -0.4 is 5.43 Å². The molecule has 1 aromatic carbocycles. The first-order chi connectivity index (χ1) is 9.47. The molecule has 0 radical (unpaired) electrons. The Kier molecular flexibility index (Phi) is 3.71. The van der Waals surface area contributed by atoms with E-state index in [0.717, 1.165) is 5.01 Å². The molecule has 1 heterocycles. The molecule has 6 nitrogen and oxygen atoms in total. The lowest BCUT2D eigenvalue weighted by Crippen LogP contribution is -2.55. The van der Waals surface area contributed by atoms with E-state index < -0.39 is 23.6 Å². The third kappa shape index (κ3) is 2.23. The van der Waals surface area contributed by atoms with E-state index >= 15 is 0 Å². The van der Waals surface area contributed by atoms with Crippen LogP contribution in [0.3, 0.4) is 0 Å². The minimum atomic E-state index is -1.42. The van der Waals surface area contributed by atoms with Gasteiger partial charge >= 0.3 is 5.97 Å². The van der Waals surface area contributed by atoms with Gasteiger partial charge in [-0.05, 0) is 12.1 Å². The molecule has 2 rings (SSSR count). The van der Waals surface area contributed by atoms with Gasteiger partial charge in [-0.2, -0.15) is 0 Å². The van der Waals surface area contributed by atoms with Crippen molar-refractivity contribution in [3.63, 3.8) is 0 Å². The van der Waals surface area contributed by atoms with Crippen molar-refractivity contribution in [2.45, 2.75) is 6.04 Å². The topological polar surface area (TPSA) is 78.9 Å². The number of hydrogen-bond donors (Lipinski definition) is 2. The number of carbonyl (C=O) groups excluding carboxylic acids is 1. The summed E-state index contributed by atoms with van der Waals surface area (Å²) in [4.78, 5) is 23.2. The van der Waals surface area contributed by atoms with Crippen molar-refractivity contribution in [1.29, 1.82) is 0 Å². The van der Waals surface area contributed by atoms with E-state index in [9.17, 15) is 14.0 Å². The molecule has 1 aliphatic rings. The van der Waals surface area contributed by atoms with Gasteiger partial charge in [0.2, 0.25) is 5.78 Å². The Bertz CT molecular complexity index is 600. The van der Waals surface area contributed by atoms with Crippen LogP contribution in [0.25, 0.3) is 5.70 Å². The smallest absolute Gasteiger partial charge is 0.331 e. The number of rotatable bonds is 3. The van der Waals surface area contributed by atoms with Gasteiger partial charge in [-0.15, -0.1) is 0 Å². The maximum Gasteiger partial charge on any atom is 0.331 e. The largest absolute Gasteiger partial charge is 0.491 e. The Hall–Kier alpha value is -2.41. The lowest BCUT2D eigenvalue weighted by atomic mass is 10.0. The number of halogens is 1. The number of carbonyl (C=O) groups is 2. The van der Waals surface area contributed by atoms with Crippen molar-refractivity contribution < 1.29 is 23.8 Å². The number of carboxylic acids is 1. The van der Waals surface area contributed by atoms with E-state index in [0.29, 0.717) is 0 Å². The molecule has 0 saturated heterocycles. The van der Waals surface area contributed by atoms with Crippen LogP contribution in [0.2, 0.25) is 0 Å². The quantitative estimate of drug-likeness (QED) is 0.790. The summed E-state index contributed by atoms with van der Waals surface area (Å²) in [7, 11) is 2.63. The molecular formula is C13H13FN2O4. The molecule has 0 saturated carbocycles. The van der Waals surface area contributed by atoms with Crippen LogP contribution in [0.5, 0.6) is 0 Å². The lowest BCUT2D eigenvalue weighted by Gasteiger charge is -2.32. The second kappa shape index (κ2) is 5.30. The van der Waals surface area contributed by atoms with Gasteiger partial charge in [-0.1, -0.05) is 12.1 Å². The van der Waals surface area contributed by atoms with Crippen molar-refractivity contribution in [1.82, 2.24) is 10.4 Å². The number of nitrogens with one attached hydrogen (secondary N) is 1. The highest BCUT2D eigenvalue weighted by Gasteiger charge is 2.40. The number of methoxy groups -OCH3 is 1. The normalized spacial score (nSPS) is 19.8. The van der Waals surface area contributed by atoms with E-state index in [1.165, 1.54) is 32.4 Å². The zero-order valence-corrected chi connectivity index (χ0v) is 10.9. The first-order valence-corrected chi connectivity index (χ1v) is 5.77. The number of Topliss-reactive ketones (excluding diaryl/α,β-unsaturated/α-hetero) is 1. The standard InChI is InChI=1S/C13H13FN2O4/c1-16-10(13(18)19)11(17)12(20-2)9(15-16)7-5-3-4-6-8(7)14/h3-6,10,15H,1-2H3,(H,18,19). The number of aliphatic carboxylic acids is 1. The highest BCUT2D eigenvalue weighted by atomic mass is 19.1. The molecule has 106 valence electrons. The molecule has 0 spiro atoms. The summed E-state index contributed by atoms with van der Waals surface area (Å²) >= 11 is 0. The van der Waals surface area contributed by atoms with E-state index in [1.807, 2.05) is 0 Å². The van der Waals surface area contributed by atoms with Crippen molar-refractivity contribution >= 4 is 17.4 Å². The lowest BCUT2D eigenvalue weighted by molar-refractivity contribution is -0.149. The predicted octanol–water partition coefficient (Wildman–Crippen LogP) is 0.613. The summed E-state index contributed by atoms with van der Waals surface area (Å²) in [6.07, 6.45) is 0. The summed E-state index contributed by atoms with van der Waals surface area (Å²) in [5.41, 5.74) is 2.92. The number of nitrogens with zero attached hydrogens (tertiary/aromatic N) is 1. The molecule has 0 bridgehead atoms. The number of carboxylic acid groups (broad SMARTS) is 1. The fourth-order valence-corrected chi connectivity index (χ4v) is 2.04. The molecule has 1 atom stereocenters. The number of ketones is 1. The van der Waals surface area contributed by atoms with Gasteiger partial charge in [0.25, 0.3) is 0 Å². The van der Waals surface area contributed by atoms with Gasteiger partial charge in [0.05, 0.1) is 7.11 Å². The predicted molar refractivity (Wildman–Crippen MR) is 67.7 cm³/mol. The van der Waals surface area contributed by atoms with Crippen molar-refractivity contribution in [3.05, 3.63) is 41.4 Å². The minimum absolute atomic E-state index is 0.107. The summed E-state index contributed by atoms with van der Waals surface area (Å²) in [6, 6.07) is 4.42. The SMILES string of the molecule is COC1=C(c2ccccc2F)NN(C)C(C(=O)O)C1=O. The van der Waals surface area contributed by atoms with Gasteiger partial charge in [-0.3, -0.25) is 4.79 Å². The molecule has 0 aliphatic carbocycles. The Labute approximate surface area is 114 Å². The Balaban J connectivity index is 2.56. The van der Waals surface area contributed by atoms with Gasteiger partial charge in [0.1, 0.15) is 11.5 Å². The first-order valence-electron chi connectivity index (χ1n) is 5.77. The van der Waals surface area contributed by atoms with Crippen molar-refractivity contribution in [3.8, 4) is 0 Å². The molecule has 0 aromatic heterocycles. The highest BCUT2D eigenvalue weighted by Crippen LogP contribution is 2.25. The Morgan fingerprint density at radius 1 is 1.45 bits per heavy atom. The van der Waals surface area contributed by atoms with Gasteiger partial charge in [0.15, 0.2) is 11.8 Å². The Morgan fingerprint density at radius 3 is 2.65 bits per heavy atom. The number of ether oxygens (including phenoxy) is 1. The average molecular weight is 280 g/mol. The number of hydrazine groups is 1. The van der Waals surface area contributed by atoms with E-state index in [-0.39, 0.29) is 17.0 Å². The summed E-state index contributed by atoms with van der Waals surface area (Å²) in [6.45, 7) is 0. The minimum Gasteiger partial charge on any atom is -0.491 e. The second-order valence-corrected chi connectivity index (χ2v) is 4.22. The number of likely N-dealkylation sites (N-methyl/N-ethyl adjacent to an activating group) is 1. The van der Waals surface area contributed by atoms with E-state index in [1.54, 1.807) is 6.07 Å².